The second-order valence-electron chi connectivity index (χ2n) is 6.82. The zero-order valence-electron chi connectivity index (χ0n) is 13.1. The number of carbonyl (C=O) groups excluding carboxylic acids is 2. The van der Waals surface area contributed by atoms with Crippen molar-refractivity contribution in [1.82, 2.24) is 4.90 Å². The van der Waals surface area contributed by atoms with Gasteiger partial charge in [0.2, 0.25) is 11.8 Å². The molecular weight excluding hydrogens is 302 g/mol. The minimum absolute atomic E-state index is 0.0625. The summed E-state index contributed by atoms with van der Waals surface area (Å²) in [5, 5.41) is 9.24. The highest BCUT2D eigenvalue weighted by Crippen LogP contribution is 2.60. The van der Waals surface area contributed by atoms with Crippen molar-refractivity contribution in [2.75, 3.05) is 13.2 Å². The number of amides is 2. The Hall–Kier alpha value is -2.46. The van der Waals surface area contributed by atoms with Gasteiger partial charge in [0.05, 0.1) is 25.0 Å². The maximum absolute atomic E-state index is 12.9. The highest BCUT2D eigenvalue weighted by Gasteiger charge is 2.61. The molecule has 2 amide bonds. The first-order valence-corrected chi connectivity index (χ1v) is 8.37. The summed E-state index contributed by atoms with van der Waals surface area (Å²) in [6.45, 7) is -0.0943. The summed E-state index contributed by atoms with van der Waals surface area (Å²) in [7, 11) is 0. The van der Waals surface area contributed by atoms with Gasteiger partial charge in [-0.2, -0.15) is 0 Å². The monoisotopic (exact) mass is 319 g/mol. The maximum atomic E-state index is 12.9. The van der Waals surface area contributed by atoms with E-state index in [1.165, 1.54) is 27.2 Å². The molecule has 0 spiro atoms. The van der Waals surface area contributed by atoms with Crippen molar-refractivity contribution < 1.29 is 14.7 Å². The first-order chi connectivity index (χ1) is 11.7. The van der Waals surface area contributed by atoms with E-state index < -0.39 is 0 Å². The molecular formula is C20H17NO3. The Morgan fingerprint density at radius 3 is 1.46 bits per heavy atom. The molecule has 0 radical (unpaired) electrons. The molecule has 4 nitrogen and oxygen atoms in total. The van der Waals surface area contributed by atoms with Gasteiger partial charge in [-0.1, -0.05) is 48.5 Å². The van der Waals surface area contributed by atoms with Gasteiger partial charge in [0.1, 0.15) is 0 Å². The van der Waals surface area contributed by atoms with Crippen LogP contribution in [0, 0.1) is 11.8 Å². The van der Waals surface area contributed by atoms with E-state index in [4.69, 9.17) is 0 Å². The zero-order valence-corrected chi connectivity index (χ0v) is 13.1. The molecule has 2 aromatic carbocycles. The van der Waals surface area contributed by atoms with Crippen LogP contribution in [-0.4, -0.2) is 35.0 Å². The van der Waals surface area contributed by atoms with E-state index in [-0.39, 0.29) is 48.6 Å². The summed E-state index contributed by atoms with van der Waals surface area (Å²) >= 11 is 0. The van der Waals surface area contributed by atoms with Gasteiger partial charge in [0, 0.05) is 11.8 Å². The predicted molar refractivity (Wildman–Crippen MR) is 87.4 cm³/mol. The van der Waals surface area contributed by atoms with E-state index in [1.54, 1.807) is 0 Å². The van der Waals surface area contributed by atoms with Crippen molar-refractivity contribution in [2.24, 2.45) is 11.8 Å². The third kappa shape index (κ3) is 1.52. The molecule has 3 aliphatic carbocycles. The smallest absolute Gasteiger partial charge is 0.234 e. The van der Waals surface area contributed by atoms with Crippen LogP contribution in [0.5, 0.6) is 0 Å². The SMILES string of the molecule is O=C1[C@@H]2C3c4ccccc4C(c4ccccc43)[C@H]2C(=O)N1CCO. The van der Waals surface area contributed by atoms with Gasteiger partial charge in [0.25, 0.3) is 0 Å². The number of hydrogen-bond acceptors (Lipinski definition) is 3. The summed E-state index contributed by atoms with van der Waals surface area (Å²) in [5.41, 5.74) is 4.70. The lowest BCUT2D eigenvalue weighted by atomic mass is 9.55. The second-order valence-corrected chi connectivity index (χ2v) is 6.82. The number of β-amino-alcohol motifs (C(OH)–C–C–N with tert-alkyl or cyclic N) is 1. The molecule has 0 unspecified atom stereocenters. The summed E-state index contributed by atoms with van der Waals surface area (Å²) in [5.74, 6) is -1.05. The Kier molecular flexibility index (Phi) is 2.77. The summed E-state index contributed by atoms with van der Waals surface area (Å²) in [4.78, 5) is 27.2. The van der Waals surface area contributed by atoms with Crippen LogP contribution in [0.4, 0.5) is 0 Å². The standard InChI is InChI=1S/C20H17NO3/c22-10-9-21-19(23)17-15-11-5-1-2-6-12(11)16(18(17)20(21)24)14-8-4-3-7-13(14)15/h1-8,15-18,22H,9-10H2/t15?,16?,17-,18-/m1/s1. The topological polar surface area (TPSA) is 57.6 Å². The van der Waals surface area contributed by atoms with Crippen LogP contribution in [0.2, 0.25) is 0 Å². The fraction of sp³-hybridized carbons (Fsp3) is 0.300. The van der Waals surface area contributed by atoms with Gasteiger partial charge in [-0.15, -0.1) is 0 Å². The van der Waals surface area contributed by atoms with Crippen LogP contribution in [0.1, 0.15) is 34.1 Å². The van der Waals surface area contributed by atoms with Crippen molar-refractivity contribution in [3.05, 3.63) is 70.8 Å². The van der Waals surface area contributed by atoms with E-state index in [0.29, 0.717) is 0 Å². The zero-order chi connectivity index (χ0) is 16.4. The average Bonchev–Trinajstić information content (AvgIpc) is 2.88. The van der Waals surface area contributed by atoms with Crippen molar-refractivity contribution in [3.63, 3.8) is 0 Å². The Morgan fingerprint density at radius 2 is 1.12 bits per heavy atom. The number of imide groups is 1. The molecule has 2 aromatic rings. The lowest BCUT2D eigenvalue weighted by molar-refractivity contribution is -0.140. The molecule has 1 N–H and O–H groups in total. The lowest BCUT2D eigenvalue weighted by Crippen LogP contribution is -2.41. The molecule has 4 aliphatic rings. The van der Waals surface area contributed by atoms with Gasteiger partial charge in [-0.25, -0.2) is 0 Å². The molecule has 2 atom stereocenters. The molecule has 6 rings (SSSR count). The Balaban J connectivity index is 1.77. The molecule has 2 bridgehead atoms. The fourth-order valence-electron chi connectivity index (χ4n) is 5.06. The van der Waals surface area contributed by atoms with E-state index >= 15 is 0 Å². The molecule has 4 heteroatoms. The van der Waals surface area contributed by atoms with Gasteiger partial charge >= 0.3 is 0 Å². The summed E-state index contributed by atoms with van der Waals surface area (Å²) in [6, 6.07) is 16.4. The number of aliphatic hydroxyl groups excluding tert-OH is 1. The van der Waals surface area contributed by atoms with Crippen LogP contribution in [-0.2, 0) is 9.59 Å². The molecule has 24 heavy (non-hydrogen) atoms. The number of likely N-dealkylation sites (tertiary alicyclic amines) is 1. The molecule has 0 saturated carbocycles. The first-order valence-electron chi connectivity index (χ1n) is 8.37. The molecule has 1 aliphatic heterocycles. The number of benzene rings is 2. The quantitative estimate of drug-likeness (QED) is 0.860. The highest BCUT2D eigenvalue weighted by atomic mass is 16.3. The summed E-state index contributed by atoms with van der Waals surface area (Å²) in [6.07, 6.45) is 0. The fourth-order valence-corrected chi connectivity index (χ4v) is 5.06. The van der Waals surface area contributed by atoms with Crippen LogP contribution >= 0.6 is 0 Å². The van der Waals surface area contributed by atoms with Gasteiger partial charge in [0.15, 0.2) is 0 Å². The average molecular weight is 319 g/mol. The molecule has 1 saturated heterocycles. The number of nitrogens with zero attached hydrogens (tertiary/aromatic N) is 1. The molecule has 1 fully saturated rings. The van der Waals surface area contributed by atoms with E-state index in [1.807, 2.05) is 24.3 Å². The predicted octanol–water partition coefficient (Wildman–Crippen LogP) is 1.87. The van der Waals surface area contributed by atoms with Crippen molar-refractivity contribution in [3.8, 4) is 0 Å². The number of rotatable bonds is 2. The lowest BCUT2D eigenvalue weighted by Gasteiger charge is -2.45. The largest absolute Gasteiger partial charge is 0.395 e. The minimum Gasteiger partial charge on any atom is -0.395 e. The van der Waals surface area contributed by atoms with Crippen LogP contribution in [0.3, 0.4) is 0 Å². The normalized spacial score (nSPS) is 29.5. The second kappa shape index (κ2) is 4.77. The number of hydrogen-bond donors (Lipinski definition) is 1. The molecule has 120 valence electrons. The van der Waals surface area contributed by atoms with Crippen LogP contribution < -0.4 is 0 Å². The Morgan fingerprint density at radius 1 is 0.750 bits per heavy atom. The maximum Gasteiger partial charge on any atom is 0.234 e. The number of carbonyl (C=O) groups is 2. The van der Waals surface area contributed by atoms with E-state index in [0.717, 1.165) is 0 Å². The van der Waals surface area contributed by atoms with Gasteiger partial charge in [-0.05, 0) is 22.3 Å². The highest BCUT2D eigenvalue weighted by molar-refractivity contribution is 6.07. The van der Waals surface area contributed by atoms with Gasteiger partial charge < -0.3 is 5.11 Å². The van der Waals surface area contributed by atoms with Crippen LogP contribution in [0.15, 0.2) is 48.5 Å². The third-order valence-electron chi connectivity index (χ3n) is 5.86. The Bertz CT molecular complexity index is 759. The van der Waals surface area contributed by atoms with E-state index in [2.05, 4.69) is 24.3 Å². The molecule has 0 aromatic heterocycles. The third-order valence-corrected chi connectivity index (χ3v) is 5.86. The van der Waals surface area contributed by atoms with E-state index in [9.17, 15) is 14.7 Å². The first kappa shape index (κ1) is 13.9. The summed E-state index contributed by atoms with van der Waals surface area (Å²) < 4.78 is 0. The Labute approximate surface area is 139 Å². The number of aliphatic hydroxyl groups is 1. The molecule has 1 heterocycles. The van der Waals surface area contributed by atoms with Crippen molar-refractivity contribution in [1.29, 1.82) is 0 Å². The van der Waals surface area contributed by atoms with Crippen molar-refractivity contribution in [2.45, 2.75) is 11.8 Å². The minimum atomic E-state index is -0.334. The van der Waals surface area contributed by atoms with Gasteiger partial charge in [-0.3, -0.25) is 14.5 Å². The van der Waals surface area contributed by atoms with Crippen LogP contribution in [0.25, 0.3) is 0 Å². The van der Waals surface area contributed by atoms with Crippen molar-refractivity contribution >= 4 is 11.8 Å².